The van der Waals surface area contributed by atoms with E-state index < -0.39 is 22.0 Å². The first-order valence-corrected chi connectivity index (χ1v) is 10.8. The van der Waals surface area contributed by atoms with E-state index in [1.165, 1.54) is 24.6 Å². The van der Waals surface area contributed by atoms with E-state index in [0.717, 1.165) is 11.1 Å². The average Bonchev–Trinajstić information content (AvgIpc) is 3.52. The number of sulfonamides is 1. The van der Waals surface area contributed by atoms with Crippen molar-refractivity contribution in [2.24, 2.45) is 0 Å². The van der Waals surface area contributed by atoms with Crippen molar-refractivity contribution in [3.05, 3.63) is 70.8 Å². The molecule has 7 nitrogen and oxygen atoms in total. The number of methoxy groups -OCH3 is 2. The van der Waals surface area contributed by atoms with Crippen molar-refractivity contribution in [3.8, 4) is 0 Å². The Labute approximate surface area is 176 Å². The van der Waals surface area contributed by atoms with Crippen molar-refractivity contribution < 1.29 is 27.5 Å². The summed E-state index contributed by atoms with van der Waals surface area (Å²) >= 11 is 0. The summed E-state index contributed by atoms with van der Waals surface area (Å²) in [4.78, 5) is 24.2. The van der Waals surface area contributed by atoms with E-state index in [0.29, 0.717) is 18.5 Å². The van der Waals surface area contributed by atoms with Crippen LogP contribution in [0, 0.1) is 6.92 Å². The first-order valence-electron chi connectivity index (χ1n) is 9.32. The molecule has 30 heavy (non-hydrogen) atoms. The molecule has 1 aliphatic heterocycles. The highest BCUT2D eigenvalue weighted by Gasteiger charge is 2.44. The molecule has 0 radical (unpaired) electrons. The lowest BCUT2D eigenvalue weighted by Crippen LogP contribution is -2.17. The number of hydrogen-bond acceptors (Lipinski definition) is 6. The summed E-state index contributed by atoms with van der Waals surface area (Å²) in [5, 5.41) is 0. The molecule has 3 rings (SSSR count). The third-order valence-electron chi connectivity index (χ3n) is 4.91. The maximum Gasteiger partial charge on any atom is 0.345 e. The van der Waals surface area contributed by atoms with Crippen LogP contribution in [0.3, 0.4) is 0 Å². The van der Waals surface area contributed by atoms with Gasteiger partial charge in [0.25, 0.3) is 0 Å². The van der Waals surface area contributed by atoms with Crippen LogP contribution in [0.25, 0.3) is 6.08 Å². The zero-order valence-corrected chi connectivity index (χ0v) is 17.8. The molecule has 1 aliphatic rings. The Morgan fingerprint density at radius 1 is 1.03 bits per heavy atom. The third kappa shape index (κ3) is 4.60. The topological polar surface area (TPSA) is 89.8 Å². The van der Waals surface area contributed by atoms with Crippen LogP contribution in [0.2, 0.25) is 0 Å². The van der Waals surface area contributed by atoms with Crippen LogP contribution in [0.15, 0.2) is 59.0 Å². The van der Waals surface area contributed by atoms with Gasteiger partial charge in [0, 0.05) is 12.6 Å². The Kier molecular flexibility index (Phi) is 6.38. The molecule has 2 atom stereocenters. The van der Waals surface area contributed by atoms with Crippen LogP contribution in [0.1, 0.15) is 16.7 Å². The van der Waals surface area contributed by atoms with Crippen LogP contribution in [-0.2, 0) is 35.5 Å². The predicted molar refractivity (Wildman–Crippen MR) is 111 cm³/mol. The maximum absolute atomic E-state index is 12.8. The molecular formula is C22H23NO6S. The van der Waals surface area contributed by atoms with Crippen molar-refractivity contribution in [2.45, 2.75) is 24.3 Å². The second-order valence-electron chi connectivity index (χ2n) is 6.99. The number of hydrogen-bond donors (Lipinski definition) is 0. The lowest BCUT2D eigenvalue weighted by molar-refractivity contribution is -0.143. The van der Waals surface area contributed by atoms with E-state index in [4.69, 9.17) is 0 Å². The van der Waals surface area contributed by atoms with Gasteiger partial charge in [-0.3, -0.25) is 0 Å². The number of ether oxygens (including phenoxy) is 2. The van der Waals surface area contributed by atoms with Crippen LogP contribution < -0.4 is 0 Å². The SMILES string of the molecule is COC(=O)C(=Cc1ccccc1CC1CN1S(=O)(=O)c1ccc(C)cc1)C(=O)OC. The summed E-state index contributed by atoms with van der Waals surface area (Å²) in [6.07, 6.45) is 1.86. The van der Waals surface area contributed by atoms with Crippen LogP contribution >= 0.6 is 0 Å². The van der Waals surface area contributed by atoms with E-state index >= 15 is 0 Å². The van der Waals surface area contributed by atoms with Gasteiger partial charge in [0.05, 0.1) is 19.1 Å². The molecule has 0 amide bonds. The Hall–Kier alpha value is -2.97. The molecule has 2 aromatic rings. The fraction of sp³-hybridized carbons (Fsp3) is 0.273. The van der Waals surface area contributed by atoms with E-state index in [2.05, 4.69) is 9.47 Å². The van der Waals surface area contributed by atoms with Gasteiger partial charge in [0.1, 0.15) is 5.57 Å². The van der Waals surface area contributed by atoms with E-state index in [1.54, 1.807) is 36.4 Å². The van der Waals surface area contributed by atoms with Crippen molar-refractivity contribution in [1.29, 1.82) is 0 Å². The number of aryl methyl sites for hydroxylation is 1. The number of carbonyl (C=O) groups is 2. The average molecular weight is 429 g/mol. The van der Waals surface area contributed by atoms with Crippen molar-refractivity contribution >= 4 is 28.0 Å². The molecule has 0 aromatic heterocycles. The van der Waals surface area contributed by atoms with Crippen LogP contribution in [0.4, 0.5) is 0 Å². The molecular weight excluding hydrogens is 406 g/mol. The van der Waals surface area contributed by atoms with E-state index in [9.17, 15) is 18.0 Å². The monoisotopic (exact) mass is 429 g/mol. The van der Waals surface area contributed by atoms with Gasteiger partial charge in [-0.25, -0.2) is 18.0 Å². The van der Waals surface area contributed by atoms with Crippen molar-refractivity contribution in [1.82, 2.24) is 4.31 Å². The Bertz CT molecular complexity index is 1070. The zero-order chi connectivity index (χ0) is 21.9. The minimum Gasteiger partial charge on any atom is -0.465 e. The summed E-state index contributed by atoms with van der Waals surface area (Å²) in [6, 6.07) is 13.8. The first-order chi connectivity index (χ1) is 14.3. The zero-order valence-electron chi connectivity index (χ0n) is 17.0. The molecule has 1 saturated heterocycles. The molecule has 158 valence electrons. The summed E-state index contributed by atoms with van der Waals surface area (Å²) in [6.45, 7) is 2.31. The molecule has 1 fully saturated rings. The van der Waals surface area contributed by atoms with Gasteiger partial charge in [-0.1, -0.05) is 42.0 Å². The molecule has 0 bridgehead atoms. The minimum absolute atomic E-state index is 0.189. The van der Waals surface area contributed by atoms with Crippen molar-refractivity contribution in [3.63, 3.8) is 0 Å². The molecule has 0 saturated carbocycles. The van der Waals surface area contributed by atoms with Gasteiger partial charge in [-0.2, -0.15) is 4.31 Å². The number of benzene rings is 2. The number of carbonyl (C=O) groups excluding carboxylic acids is 2. The summed E-state index contributed by atoms with van der Waals surface area (Å²) in [5.74, 6) is -1.60. The first kappa shape index (κ1) is 21.7. The van der Waals surface area contributed by atoms with Gasteiger partial charge in [0.15, 0.2) is 0 Å². The van der Waals surface area contributed by atoms with Gasteiger partial charge in [-0.05, 0) is 42.7 Å². The van der Waals surface area contributed by atoms with E-state index in [-0.39, 0.29) is 16.5 Å². The molecule has 1 heterocycles. The molecule has 0 spiro atoms. The third-order valence-corrected chi connectivity index (χ3v) is 6.85. The van der Waals surface area contributed by atoms with Crippen LogP contribution in [0.5, 0.6) is 0 Å². The smallest absolute Gasteiger partial charge is 0.345 e. The summed E-state index contributed by atoms with van der Waals surface area (Å²) < 4.78 is 36.4. The lowest BCUT2D eigenvalue weighted by atomic mass is 10.0. The highest BCUT2D eigenvalue weighted by atomic mass is 32.2. The molecule has 2 unspecified atom stereocenters. The Balaban J connectivity index is 1.83. The quantitative estimate of drug-likeness (QED) is 0.221. The second kappa shape index (κ2) is 8.81. The number of rotatable bonds is 7. The number of esters is 2. The van der Waals surface area contributed by atoms with Gasteiger partial charge < -0.3 is 9.47 Å². The minimum atomic E-state index is -3.55. The fourth-order valence-electron chi connectivity index (χ4n) is 3.16. The van der Waals surface area contributed by atoms with E-state index in [1.807, 2.05) is 19.1 Å². The van der Waals surface area contributed by atoms with Gasteiger partial charge in [-0.15, -0.1) is 0 Å². The molecule has 0 N–H and O–H groups in total. The van der Waals surface area contributed by atoms with Gasteiger partial charge >= 0.3 is 11.9 Å². The molecule has 8 heteroatoms. The van der Waals surface area contributed by atoms with Gasteiger partial charge in [0.2, 0.25) is 10.0 Å². The molecule has 2 aromatic carbocycles. The second-order valence-corrected chi connectivity index (χ2v) is 8.88. The Morgan fingerprint density at radius 3 is 2.23 bits per heavy atom. The maximum atomic E-state index is 12.8. The highest BCUT2D eigenvalue weighted by Crippen LogP contribution is 2.31. The summed E-state index contributed by atoms with van der Waals surface area (Å²) in [5.41, 5.74) is 2.20. The predicted octanol–water partition coefficient (Wildman–Crippen LogP) is 2.34. The largest absolute Gasteiger partial charge is 0.465 e. The highest BCUT2D eigenvalue weighted by molar-refractivity contribution is 7.89. The van der Waals surface area contributed by atoms with Crippen LogP contribution in [-0.4, -0.2) is 51.5 Å². The number of nitrogens with zero attached hydrogens (tertiary/aromatic N) is 1. The Morgan fingerprint density at radius 2 is 1.63 bits per heavy atom. The normalized spacial score (nSPS) is 17.7. The van der Waals surface area contributed by atoms with Crippen molar-refractivity contribution in [2.75, 3.05) is 20.8 Å². The molecule has 0 aliphatic carbocycles. The lowest BCUT2D eigenvalue weighted by Gasteiger charge is -2.10. The summed E-state index contributed by atoms with van der Waals surface area (Å²) in [7, 11) is -1.19. The standard InChI is InChI=1S/C22H23NO6S/c1-15-8-10-19(11-9-15)30(26,27)23-14-18(23)12-16-6-4-5-7-17(16)13-20(21(24)28-2)22(25)29-3/h4-11,13,18H,12,14H2,1-3H3. The fourth-order valence-corrected chi connectivity index (χ4v) is 4.74.